The molecule has 0 spiro atoms. The molecule has 3 rings (SSSR count). The summed E-state index contributed by atoms with van der Waals surface area (Å²) in [6, 6.07) is 20.3. The van der Waals surface area contributed by atoms with Gasteiger partial charge in [0.2, 0.25) is 0 Å². The summed E-state index contributed by atoms with van der Waals surface area (Å²) in [4.78, 5) is 0. The Morgan fingerprint density at radius 1 is 0.630 bits per heavy atom. The van der Waals surface area contributed by atoms with Gasteiger partial charge in [-0.05, 0) is 10.6 Å². The van der Waals surface area contributed by atoms with Crippen LogP contribution in [0.1, 0.15) is 6.42 Å². The smallest absolute Gasteiger partial charge is 0 e. The van der Waals surface area contributed by atoms with Crippen molar-refractivity contribution in [1.29, 1.82) is 0 Å². The molecule has 1 aliphatic rings. The normalized spacial score (nSPS) is 7.78. The first-order valence-electron chi connectivity index (χ1n) is 6.12. The van der Waals surface area contributed by atoms with Crippen molar-refractivity contribution in [2.75, 3.05) is 0 Å². The molecule has 0 heterocycles. The number of rotatable bonds is 0. The van der Waals surface area contributed by atoms with E-state index in [9.17, 15) is 0 Å². The number of hydrogen-bond acceptors (Lipinski definition) is 0. The SMILES string of the molecule is Cl.Cl.Pc1ccccc1.Pc1ccccc1.[C-]1=CC=CC1.[CH3-].[CH3-].[CH3-].[CH3-].[CH3-].[Zr]. The first-order valence-corrected chi connectivity index (χ1v) is 7.27. The molecule has 0 saturated carbocycles. The minimum absolute atomic E-state index is 0. The maximum atomic E-state index is 2.99. The van der Waals surface area contributed by atoms with Gasteiger partial charge < -0.3 is 37.1 Å². The van der Waals surface area contributed by atoms with E-state index < -0.39 is 0 Å². The van der Waals surface area contributed by atoms with E-state index in [1.54, 1.807) is 0 Å². The van der Waals surface area contributed by atoms with Crippen molar-refractivity contribution in [2.45, 2.75) is 6.42 Å². The second-order valence-corrected chi connectivity index (χ2v) is 5.16. The molecule has 1 aliphatic carbocycles. The third-order valence-corrected chi connectivity index (χ3v) is 2.95. The molecule has 2 atom stereocenters. The molecule has 0 nitrogen and oxygen atoms in total. The molecule has 2 aromatic carbocycles. The van der Waals surface area contributed by atoms with Crippen molar-refractivity contribution >= 4 is 53.9 Å². The van der Waals surface area contributed by atoms with E-state index in [1.165, 1.54) is 10.6 Å². The average molecular weight is 525 g/mol. The minimum atomic E-state index is 0. The first-order chi connectivity index (χ1) is 9.29. The van der Waals surface area contributed by atoms with Gasteiger partial charge in [0.15, 0.2) is 0 Å². The van der Waals surface area contributed by atoms with Crippen LogP contribution in [0.5, 0.6) is 0 Å². The fraction of sp³-hybridized carbons (Fsp3) is 0.0455. The third kappa shape index (κ3) is 34.2. The minimum Gasteiger partial charge on any atom is -0.358 e. The quantitative estimate of drug-likeness (QED) is 0.264. The van der Waals surface area contributed by atoms with Gasteiger partial charge in [-0.15, -0.1) is 49.7 Å². The average Bonchev–Trinajstić information content (AvgIpc) is 3.00. The molecule has 2 unspecified atom stereocenters. The van der Waals surface area contributed by atoms with Crippen LogP contribution in [-0.4, -0.2) is 0 Å². The van der Waals surface area contributed by atoms with E-state index >= 15 is 0 Å². The third-order valence-electron chi connectivity index (χ3n) is 2.19. The Hall–Kier alpha value is 0.243. The molecule has 27 heavy (non-hydrogen) atoms. The van der Waals surface area contributed by atoms with Gasteiger partial charge in [-0.25, -0.2) is 12.2 Å². The van der Waals surface area contributed by atoms with Crippen LogP contribution in [0.15, 0.2) is 78.9 Å². The maximum absolute atomic E-state index is 2.99. The van der Waals surface area contributed by atoms with E-state index in [2.05, 4.69) is 30.6 Å². The number of halogens is 2. The van der Waals surface area contributed by atoms with Gasteiger partial charge >= 0.3 is 0 Å². The standard InChI is InChI=1S/2C6H7P.C5H5.5CH3.2ClH.Zr/c2*7-6-4-2-1-3-5-6;1-2-4-5-3-1;;;;;;;;/h2*1-5H,7H2;1-3H,4H2;5*1H3;2*1H;/q;;6*-1;;;. The van der Waals surface area contributed by atoms with Crippen molar-refractivity contribution in [3.05, 3.63) is 122 Å². The van der Waals surface area contributed by atoms with Crippen LogP contribution < -0.4 is 10.6 Å². The van der Waals surface area contributed by atoms with Crippen molar-refractivity contribution in [1.82, 2.24) is 0 Å². The van der Waals surface area contributed by atoms with Gasteiger partial charge in [0.1, 0.15) is 0 Å². The van der Waals surface area contributed by atoms with E-state index in [0.717, 1.165) is 6.42 Å². The first kappa shape index (κ1) is 50.7. The fourth-order valence-electron chi connectivity index (χ4n) is 1.25. The van der Waals surface area contributed by atoms with Crippen LogP contribution in [-0.2, 0) is 26.2 Å². The fourth-order valence-corrected chi connectivity index (χ4v) is 1.69. The molecule has 0 bridgehead atoms. The second-order valence-electron chi connectivity index (χ2n) is 3.82. The molecular formula is C22H36Cl2P2Zr-6. The van der Waals surface area contributed by atoms with Gasteiger partial charge in [0.05, 0.1) is 0 Å². The molecule has 2 aromatic rings. The summed E-state index contributed by atoms with van der Waals surface area (Å²) in [6.45, 7) is 0. The zero-order valence-electron chi connectivity index (χ0n) is 17.2. The Kier molecular flexibility index (Phi) is 69.5. The molecule has 0 aliphatic heterocycles. The van der Waals surface area contributed by atoms with Crippen LogP contribution in [0, 0.1) is 43.2 Å². The summed E-state index contributed by atoms with van der Waals surface area (Å²) in [6.07, 6.45) is 10.0. The van der Waals surface area contributed by atoms with Crippen molar-refractivity contribution < 1.29 is 26.2 Å². The Labute approximate surface area is 207 Å². The second kappa shape index (κ2) is 37.1. The van der Waals surface area contributed by atoms with Crippen LogP contribution in [0.4, 0.5) is 0 Å². The predicted molar refractivity (Wildman–Crippen MR) is 140 cm³/mol. The van der Waals surface area contributed by atoms with Crippen LogP contribution >= 0.6 is 43.3 Å². The van der Waals surface area contributed by atoms with Crippen molar-refractivity contribution in [2.24, 2.45) is 0 Å². The molecule has 0 N–H and O–H groups in total. The molecule has 158 valence electrons. The largest absolute Gasteiger partial charge is 0.358 e. The van der Waals surface area contributed by atoms with Crippen molar-refractivity contribution in [3.8, 4) is 0 Å². The molecule has 0 amide bonds. The predicted octanol–water partition coefficient (Wildman–Crippen LogP) is 6.77. The molecule has 0 aromatic heterocycles. The van der Waals surface area contributed by atoms with Gasteiger partial charge in [-0.2, -0.15) is 6.08 Å². The van der Waals surface area contributed by atoms with E-state index in [-0.39, 0.29) is 88.2 Å². The summed E-state index contributed by atoms with van der Waals surface area (Å²) in [7, 11) is 5.26. The summed E-state index contributed by atoms with van der Waals surface area (Å²) in [5, 5.41) is 2.48. The van der Waals surface area contributed by atoms with Crippen LogP contribution in [0.3, 0.4) is 0 Å². The summed E-state index contributed by atoms with van der Waals surface area (Å²) in [5.41, 5.74) is 0. The summed E-state index contributed by atoms with van der Waals surface area (Å²) >= 11 is 0. The zero-order chi connectivity index (χ0) is 13.8. The van der Waals surface area contributed by atoms with E-state index in [0.29, 0.717) is 0 Å². The zero-order valence-corrected chi connectivity index (χ0v) is 23.6. The van der Waals surface area contributed by atoms with Gasteiger partial charge in [-0.1, -0.05) is 60.7 Å². The Morgan fingerprint density at radius 2 is 0.963 bits per heavy atom. The van der Waals surface area contributed by atoms with E-state index in [4.69, 9.17) is 0 Å². The molecule has 0 radical (unpaired) electrons. The molecule has 0 saturated heterocycles. The molecule has 0 fully saturated rings. The van der Waals surface area contributed by atoms with E-state index in [1.807, 2.05) is 72.8 Å². The summed E-state index contributed by atoms with van der Waals surface area (Å²) in [5.74, 6) is 0. The van der Waals surface area contributed by atoms with Crippen molar-refractivity contribution in [3.63, 3.8) is 0 Å². The van der Waals surface area contributed by atoms with Crippen LogP contribution in [0.25, 0.3) is 0 Å². The molecule has 5 heteroatoms. The topological polar surface area (TPSA) is 0 Å². The van der Waals surface area contributed by atoms with Gasteiger partial charge in [-0.3, -0.25) is 6.08 Å². The Balaban J connectivity index is -0.0000000294. The Morgan fingerprint density at radius 3 is 1.07 bits per heavy atom. The Bertz CT molecular complexity index is 457. The number of hydrogen-bond donors (Lipinski definition) is 0. The number of allylic oxidation sites excluding steroid dienone is 4. The van der Waals surface area contributed by atoms with Crippen LogP contribution in [0.2, 0.25) is 0 Å². The number of benzene rings is 2. The van der Waals surface area contributed by atoms with Gasteiger partial charge in [0, 0.05) is 26.2 Å². The molecular weight excluding hydrogens is 488 g/mol. The monoisotopic (exact) mass is 522 g/mol. The van der Waals surface area contributed by atoms with Gasteiger partial charge in [0.25, 0.3) is 0 Å². The maximum Gasteiger partial charge on any atom is 0 e. The summed E-state index contributed by atoms with van der Waals surface area (Å²) < 4.78 is 0.